The summed E-state index contributed by atoms with van der Waals surface area (Å²) in [5.41, 5.74) is 5.67. The van der Waals surface area contributed by atoms with E-state index in [1.807, 2.05) is 13.8 Å². The Hall–Kier alpha value is -1.60. The number of anilines is 1. The Labute approximate surface area is 118 Å². The Morgan fingerprint density at radius 1 is 1.35 bits per heavy atom. The van der Waals surface area contributed by atoms with Crippen molar-refractivity contribution in [1.82, 2.24) is 0 Å². The molecule has 1 aliphatic rings. The lowest BCUT2D eigenvalue weighted by atomic mass is 9.69. The number of nitro benzene ring substituents is 1. The Balaban J connectivity index is 2.30. The molecule has 7 heteroatoms. The van der Waals surface area contributed by atoms with E-state index in [1.54, 1.807) is 6.07 Å². The fourth-order valence-corrected chi connectivity index (χ4v) is 1.95. The number of nitro groups is 1. The Bertz CT molecular complexity index is 545. The first kappa shape index (κ1) is 14.8. The molecule has 1 fully saturated rings. The van der Waals surface area contributed by atoms with Gasteiger partial charge in [0, 0.05) is 18.1 Å². The monoisotopic (exact) mass is 278 g/mol. The van der Waals surface area contributed by atoms with Gasteiger partial charge < -0.3 is 15.0 Å². The molecule has 0 bridgehead atoms. The summed E-state index contributed by atoms with van der Waals surface area (Å²) in [5, 5.41) is 10.9. The van der Waals surface area contributed by atoms with Gasteiger partial charge in [0.25, 0.3) is 5.69 Å². The van der Waals surface area contributed by atoms with Crippen molar-refractivity contribution in [2.24, 2.45) is 5.41 Å². The summed E-state index contributed by atoms with van der Waals surface area (Å²) in [4.78, 5) is 10.4. The van der Waals surface area contributed by atoms with Crippen LogP contribution >= 0.6 is 0 Å². The lowest BCUT2D eigenvalue weighted by Crippen LogP contribution is -2.58. The highest BCUT2D eigenvalue weighted by atomic mass is 16.6. The minimum Gasteiger partial charge on any atom is -0.407 e. The molecular formula is C13H19BN2O4. The normalized spacial score (nSPS) is 20.7. The summed E-state index contributed by atoms with van der Waals surface area (Å²) in [6.45, 7) is 8.63. The number of rotatable bonds is 2. The molecule has 6 nitrogen and oxygen atoms in total. The second-order valence-electron chi connectivity index (χ2n) is 6.23. The molecule has 0 atom stereocenters. The zero-order valence-corrected chi connectivity index (χ0v) is 12.2. The zero-order chi connectivity index (χ0) is 15.1. The lowest BCUT2D eigenvalue weighted by Gasteiger charge is -2.47. The maximum Gasteiger partial charge on any atom is 0.494 e. The first-order chi connectivity index (χ1) is 9.14. The predicted octanol–water partition coefficient (Wildman–Crippen LogP) is 1.72. The fraction of sp³-hybridized carbons (Fsp3) is 0.538. The molecule has 108 valence electrons. The van der Waals surface area contributed by atoms with Crippen LogP contribution in [-0.4, -0.2) is 24.2 Å². The van der Waals surface area contributed by atoms with E-state index in [2.05, 4.69) is 13.8 Å². The minimum atomic E-state index is -0.614. The van der Waals surface area contributed by atoms with Crippen molar-refractivity contribution >= 4 is 24.0 Å². The molecule has 2 N–H and O–H groups in total. The topological polar surface area (TPSA) is 87.6 Å². The summed E-state index contributed by atoms with van der Waals surface area (Å²) in [5.74, 6) is 0. The molecule has 1 aliphatic heterocycles. The molecule has 1 saturated heterocycles. The summed E-state index contributed by atoms with van der Waals surface area (Å²) in [7, 11) is -0.614. The largest absolute Gasteiger partial charge is 0.494 e. The van der Waals surface area contributed by atoms with Crippen molar-refractivity contribution in [1.29, 1.82) is 0 Å². The van der Waals surface area contributed by atoms with Crippen molar-refractivity contribution in [3.63, 3.8) is 0 Å². The summed E-state index contributed by atoms with van der Waals surface area (Å²) in [6, 6.07) is 4.61. The van der Waals surface area contributed by atoms with Crippen LogP contribution < -0.4 is 11.2 Å². The van der Waals surface area contributed by atoms with Crippen molar-refractivity contribution in [3.05, 3.63) is 28.3 Å². The van der Waals surface area contributed by atoms with Gasteiger partial charge in [0.15, 0.2) is 0 Å². The van der Waals surface area contributed by atoms with Gasteiger partial charge >= 0.3 is 7.12 Å². The Morgan fingerprint density at radius 3 is 2.55 bits per heavy atom. The molecular weight excluding hydrogens is 259 g/mol. The molecule has 20 heavy (non-hydrogen) atoms. The molecule has 0 unspecified atom stereocenters. The summed E-state index contributed by atoms with van der Waals surface area (Å²) >= 11 is 0. The van der Waals surface area contributed by atoms with Crippen molar-refractivity contribution in [3.8, 4) is 0 Å². The van der Waals surface area contributed by atoms with Gasteiger partial charge in [-0.2, -0.15) is 0 Å². The molecule has 2 rings (SSSR count). The second-order valence-corrected chi connectivity index (χ2v) is 6.23. The third-order valence-electron chi connectivity index (χ3n) is 4.15. The van der Waals surface area contributed by atoms with E-state index in [-0.39, 0.29) is 16.8 Å². The number of nitrogen functional groups attached to an aromatic ring is 1. The third-order valence-corrected chi connectivity index (χ3v) is 4.15. The van der Waals surface area contributed by atoms with Crippen molar-refractivity contribution in [2.75, 3.05) is 12.3 Å². The fourth-order valence-electron chi connectivity index (χ4n) is 1.95. The van der Waals surface area contributed by atoms with Crippen LogP contribution in [0.5, 0.6) is 0 Å². The van der Waals surface area contributed by atoms with E-state index in [0.717, 1.165) is 0 Å². The van der Waals surface area contributed by atoms with Crippen molar-refractivity contribution in [2.45, 2.75) is 33.3 Å². The molecule has 0 aromatic heterocycles. The smallest absolute Gasteiger partial charge is 0.407 e. The van der Waals surface area contributed by atoms with Gasteiger partial charge in [0.1, 0.15) is 5.69 Å². The van der Waals surface area contributed by atoms with Gasteiger partial charge in [0.05, 0.1) is 10.5 Å². The zero-order valence-electron chi connectivity index (χ0n) is 12.2. The highest BCUT2D eigenvalue weighted by Crippen LogP contribution is 2.38. The average Bonchev–Trinajstić information content (AvgIpc) is 2.33. The number of hydrogen-bond donors (Lipinski definition) is 1. The van der Waals surface area contributed by atoms with Gasteiger partial charge in [-0.3, -0.25) is 10.1 Å². The number of nitrogens with zero attached hydrogens (tertiary/aromatic N) is 1. The van der Waals surface area contributed by atoms with Crippen LogP contribution in [0.15, 0.2) is 18.2 Å². The average molecular weight is 278 g/mol. The van der Waals surface area contributed by atoms with E-state index in [0.29, 0.717) is 12.1 Å². The maximum atomic E-state index is 10.9. The first-order valence-electron chi connectivity index (χ1n) is 6.47. The van der Waals surface area contributed by atoms with Gasteiger partial charge in [-0.15, -0.1) is 0 Å². The molecule has 1 aromatic rings. The highest BCUT2D eigenvalue weighted by molar-refractivity contribution is 6.61. The van der Waals surface area contributed by atoms with Crippen LogP contribution in [0.25, 0.3) is 0 Å². The molecule has 1 aromatic carbocycles. The van der Waals surface area contributed by atoms with Crippen LogP contribution in [0.1, 0.15) is 27.7 Å². The maximum absolute atomic E-state index is 10.9. The van der Waals surface area contributed by atoms with Crippen LogP contribution in [0.4, 0.5) is 11.4 Å². The quantitative estimate of drug-likeness (QED) is 0.385. The molecule has 0 amide bonds. The lowest BCUT2D eigenvalue weighted by molar-refractivity contribution is -0.383. The predicted molar refractivity (Wildman–Crippen MR) is 77.8 cm³/mol. The van der Waals surface area contributed by atoms with E-state index < -0.39 is 17.6 Å². The van der Waals surface area contributed by atoms with Gasteiger partial charge in [0.2, 0.25) is 0 Å². The van der Waals surface area contributed by atoms with E-state index in [9.17, 15) is 10.1 Å². The van der Waals surface area contributed by atoms with Crippen LogP contribution in [0, 0.1) is 15.5 Å². The standard InChI is InChI=1S/C13H19BN2O4/c1-12(2)8-19-14(20-13(12,3)4)9-5-6-10(15)11(7-9)16(17)18/h5-7H,8,15H2,1-4H3. The van der Waals surface area contributed by atoms with E-state index in [1.165, 1.54) is 12.1 Å². The van der Waals surface area contributed by atoms with Gasteiger partial charge in [-0.05, 0) is 25.4 Å². The van der Waals surface area contributed by atoms with Crippen molar-refractivity contribution < 1.29 is 14.2 Å². The minimum absolute atomic E-state index is 0.127. The highest BCUT2D eigenvalue weighted by Gasteiger charge is 2.47. The second kappa shape index (κ2) is 4.75. The van der Waals surface area contributed by atoms with Crippen LogP contribution in [-0.2, 0) is 9.31 Å². The van der Waals surface area contributed by atoms with Crippen LogP contribution in [0.2, 0.25) is 0 Å². The Kier molecular flexibility index (Phi) is 3.52. The molecule has 0 spiro atoms. The summed E-state index contributed by atoms with van der Waals surface area (Å²) in [6.07, 6.45) is 0. The molecule has 0 radical (unpaired) electrons. The number of nitrogens with two attached hydrogens (primary N) is 1. The van der Waals surface area contributed by atoms with Crippen LogP contribution in [0.3, 0.4) is 0 Å². The van der Waals surface area contributed by atoms with Gasteiger partial charge in [-0.25, -0.2) is 0 Å². The van der Waals surface area contributed by atoms with E-state index in [4.69, 9.17) is 15.0 Å². The summed E-state index contributed by atoms with van der Waals surface area (Å²) < 4.78 is 11.7. The molecule has 0 saturated carbocycles. The Morgan fingerprint density at radius 2 is 2.00 bits per heavy atom. The molecule has 0 aliphatic carbocycles. The first-order valence-corrected chi connectivity index (χ1v) is 6.47. The van der Waals surface area contributed by atoms with Gasteiger partial charge in [-0.1, -0.05) is 19.9 Å². The molecule has 1 heterocycles. The SMILES string of the molecule is CC1(C)COB(c2ccc(N)c([N+](=O)[O-])c2)OC1(C)C. The number of hydrogen-bond acceptors (Lipinski definition) is 5. The number of benzene rings is 1. The van der Waals surface area contributed by atoms with E-state index >= 15 is 0 Å². The third kappa shape index (κ3) is 2.51.